The second kappa shape index (κ2) is 5.13. The van der Waals surface area contributed by atoms with E-state index in [1.54, 1.807) is 0 Å². The molecule has 1 fully saturated rings. The van der Waals surface area contributed by atoms with Crippen LogP contribution in [0.4, 0.5) is 0 Å². The number of carbonyl (C=O) groups is 1. The molecule has 2 unspecified atom stereocenters. The van der Waals surface area contributed by atoms with E-state index >= 15 is 0 Å². The van der Waals surface area contributed by atoms with E-state index in [1.807, 2.05) is 18.7 Å². The standard InChI is InChI=1S/C12H22N2OS/c1-4-12(3,10(13)16)11(15)14-8-6-5-7-9(14)2/h9H,4-8H2,1-3H3,(H2,13,16). The first-order valence-corrected chi connectivity index (χ1v) is 6.45. The highest BCUT2D eigenvalue weighted by atomic mass is 32.1. The van der Waals surface area contributed by atoms with Gasteiger partial charge < -0.3 is 10.6 Å². The van der Waals surface area contributed by atoms with E-state index in [0.717, 1.165) is 19.4 Å². The Morgan fingerprint density at radius 1 is 1.56 bits per heavy atom. The lowest BCUT2D eigenvalue weighted by atomic mass is 9.84. The summed E-state index contributed by atoms with van der Waals surface area (Å²) in [7, 11) is 0. The summed E-state index contributed by atoms with van der Waals surface area (Å²) in [5.41, 5.74) is 5.05. The van der Waals surface area contributed by atoms with Crippen LogP contribution in [0.5, 0.6) is 0 Å². The smallest absolute Gasteiger partial charge is 0.235 e. The molecule has 1 heterocycles. The second-order valence-corrected chi connectivity index (χ2v) is 5.33. The Bertz CT molecular complexity index is 293. The molecule has 16 heavy (non-hydrogen) atoms. The van der Waals surface area contributed by atoms with Crippen molar-refractivity contribution in [1.82, 2.24) is 4.90 Å². The molecule has 1 aliphatic rings. The fourth-order valence-electron chi connectivity index (χ4n) is 2.15. The zero-order valence-electron chi connectivity index (χ0n) is 10.5. The number of thiocarbonyl (C=S) groups is 1. The molecular weight excluding hydrogens is 220 g/mol. The number of likely N-dealkylation sites (tertiary alicyclic amines) is 1. The molecular formula is C12H22N2OS. The Kier molecular flexibility index (Phi) is 4.30. The van der Waals surface area contributed by atoms with Crippen molar-refractivity contribution in [3.05, 3.63) is 0 Å². The van der Waals surface area contributed by atoms with Crippen molar-refractivity contribution in [2.24, 2.45) is 11.1 Å². The van der Waals surface area contributed by atoms with Crippen LogP contribution < -0.4 is 5.73 Å². The number of rotatable bonds is 3. The molecule has 0 bridgehead atoms. The maximum Gasteiger partial charge on any atom is 0.235 e. The molecule has 1 aliphatic heterocycles. The van der Waals surface area contributed by atoms with Gasteiger partial charge in [0.05, 0.1) is 10.4 Å². The van der Waals surface area contributed by atoms with Crippen LogP contribution in [-0.2, 0) is 4.79 Å². The van der Waals surface area contributed by atoms with Crippen molar-refractivity contribution >= 4 is 23.1 Å². The van der Waals surface area contributed by atoms with Crippen molar-refractivity contribution in [2.75, 3.05) is 6.54 Å². The molecule has 1 rings (SSSR count). The third kappa shape index (κ3) is 2.37. The molecule has 3 nitrogen and oxygen atoms in total. The molecule has 0 aromatic heterocycles. The van der Waals surface area contributed by atoms with E-state index in [2.05, 4.69) is 6.92 Å². The maximum atomic E-state index is 12.5. The van der Waals surface area contributed by atoms with Crippen LogP contribution in [-0.4, -0.2) is 28.4 Å². The Balaban J connectivity index is 2.86. The summed E-state index contributed by atoms with van der Waals surface area (Å²) in [6, 6.07) is 0.321. The van der Waals surface area contributed by atoms with Crippen molar-refractivity contribution in [2.45, 2.75) is 52.5 Å². The molecule has 2 N–H and O–H groups in total. The van der Waals surface area contributed by atoms with Gasteiger partial charge in [-0.2, -0.15) is 0 Å². The zero-order valence-corrected chi connectivity index (χ0v) is 11.3. The third-order valence-electron chi connectivity index (χ3n) is 3.79. The average molecular weight is 242 g/mol. The molecule has 0 aromatic carbocycles. The van der Waals surface area contributed by atoms with Crippen molar-refractivity contribution < 1.29 is 4.79 Å². The Morgan fingerprint density at radius 3 is 2.62 bits per heavy atom. The van der Waals surface area contributed by atoms with Crippen molar-refractivity contribution in [3.63, 3.8) is 0 Å². The van der Waals surface area contributed by atoms with Crippen LogP contribution >= 0.6 is 12.2 Å². The number of nitrogens with two attached hydrogens (primary N) is 1. The van der Waals surface area contributed by atoms with Gasteiger partial charge in [-0.3, -0.25) is 4.79 Å². The minimum absolute atomic E-state index is 0.106. The number of hydrogen-bond acceptors (Lipinski definition) is 2. The average Bonchev–Trinajstić information content (AvgIpc) is 2.27. The molecule has 2 atom stereocenters. The maximum absolute atomic E-state index is 12.5. The van der Waals surface area contributed by atoms with Gasteiger partial charge in [0.2, 0.25) is 5.91 Å². The second-order valence-electron chi connectivity index (χ2n) is 4.89. The van der Waals surface area contributed by atoms with Crippen molar-refractivity contribution in [1.29, 1.82) is 0 Å². The molecule has 1 amide bonds. The third-order valence-corrected chi connectivity index (χ3v) is 4.24. The van der Waals surface area contributed by atoms with Crippen LogP contribution in [0.1, 0.15) is 46.5 Å². The Hall–Kier alpha value is -0.640. The number of piperidine rings is 1. The van der Waals surface area contributed by atoms with E-state index in [1.165, 1.54) is 6.42 Å². The highest BCUT2D eigenvalue weighted by molar-refractivity contribution is 7.80. The first-order valence-electron chi connectivity index (χ1n) is 6.04. The topological polar surface area (TPSA) is 46.3 Å². The first kappa shape index (κ1) is 13.4. The van der Waals surface area contributed by atoms with Gasteiger partial charge in [-0.25, -0.2) is 0 Å². The summed E-state index contributed by atoms with van der Waals surface area (Å²) in [5.74, 6) is 0.106. The minimum Gasteiger partial charge on any atom is -0.392 e. The normalized spacial score (nSPS) is 24.9. The van der Waals surface area contributed by atoms with Crippen LogP contribution in [0.25, 0.3) is 0 Å². The van der Waals surface area contributed by atoms with Crippen LogP contribution in [0.15, 0.2) is 0 Å². The van der Waals surface area contributed by atoms with Gasteiger partial charge in [0.1, 0.15) is 0 Å². The lowest BCUT2D eigenvalue weighted by Gasteiger charge is -2.39. The lowest BCUT2D eigenvalue weighted by Crippen LogP contribution is -2.52. The van der Waals surface area contributed by atoms with Gasteiger partial charge >= 0.3 is 0 Å². The molecule has 0 aliphatic carbocycles. The Morgan fingerprint density at radius 2 is 2.19 bits per heavy atom. The summed E-state index contributed by atoms with van der Waals surface area (Å²) in [5, 5.41) is 0. The van der Waals surface area contributed by atoms with Gasteiger partial charge in [-0.05, 0) is 39.5 Å². The molecule has 0 radical (unpaired) electrons. The predicted octanol–water partition coefficient (Wildman–Crippen LogP) is 2.09. The molecule has 92 valence electrons. The van der Waals surface area contributed by atoms with E-state index < -0.39 is 5.41 Å². The fraction of sp³-hybridized carbons (Fsp3) is 0.833. The van der Waals surface area contributed by atoms with Gasteiger partial charge in [-0.1, -0.05) is 19.1 Å². The highest BCUT2D eigenvalue weighted by Crippen LogP contribution is 2.28. The van der Waals surface area contributed by atoms with Gasteiger partial charge in [-0.15, -0.1) is 0 Å². The summed E-state index contributed by atoms with van der Waals surface area (Å²) in [6.45, 7) is 6.77. The summed E-state index contributed by atoms with van der Waals surface area (Å²) < 4.78 is 0. The predicted molar refractivity (Wildman–Crippen MR) is 70.2 cm³/mol. The first-order chi connectivity index (χ1) is 7.43. The fourth-order valence-corrected chi connectivity index (χ4v) is 2.38. The number of carbonyl (C=O) groups excluding carboxylic acids is 1. The summed E-state index contributed by atoms with van der Waals surface area (Å²) in [4.78, 5) is 14.7. The largest absolute Gasteiger partial charge is 0.392 e. The van der Waals surface area contributed by atoms with Crippen LogP contribution in [0.2, 0.25) is 0 Å². The number of hydrogen-bond donors (Lipinski definition) is 1. The SMILES string of the molecule is CCC(C)(C(=O)N1CCCCC1C)C(N)=S. The van der Waals surface area contributed by atoms with Gasteiger partial charge in [0.25, 0.3) is 0 Å². The number of nitrogens with zero attached hydrogens (tertiary/aromatic N) is 1. The number of amides is 1. The molecule has 0 spiro atoms. The van der Waals surface area contributed by atoms with Gasteiger partial charge in [0.15, 0.2) is 0 Å². The summed E-state index contributed by atoms with van der Waals surface area (Å²) in [6.07, 6.45) is 4.06. The van der Waals surface area contributed by atoms with Crippen molar-refractivity contribution in [3.8, 4) is 0 Å². The zero-order chi connectivity index (χ0) is 12.3. The van der Waals surface area contributed by atoms with E-state index in [9.17, 15) is 4.79 Å². The minimum atomic E-state index is -0.666. The van der Waals surface area contributed by atoms with E-state index in [4.69, 9.17) is 18.0 Å². The Labute approximate surface area is 103 Å². The van der Waals surface area contributed by atoms with E-state index in [0.29, 0.717) is 17.5 Å². The van der Waals surface area contributed by atoms with Crippen LogP contribution in [0.3, 0.4) is 0 Å². The van der Waals surface area contributed by atoms with Gasteiger partial charge in [0, 0.05) is 12.6 Å². The molecule has 0 aromatic rings. The summed E-state index contributed by atoms with van der Waals surface area (Å²) >= 11 is 5.04. The van der Waals surface area contributed by atoms with E-state index in [-0.39, 0.29) is 5.91 Å². The lowest BCUT2D eigenvalue weighted by molar-refractivity contribution is -0.141. The quantitative estimate of drug-likeness (QED) is 0.771. The molecule has 4 heteroatoms. The molecule has 1 saturated heterocycles. The highest BCUT2D eigenvalue weighted by Gasteiger charge is 2.39. The monoisotopic (exact) mass is 242 g/mol. The van der Waals surface area contributed by atoms with Crippen LogP contribution in [0, 0.1) is 5.41 Å². The molecule has 0 saturated carbocycles.